The highest BCUT2D eigenvalue weighted by atomic mass is 16.5. The Morgan fingerprint density at radius 3 is 3.05 bits per heavy atom. The van der Waals surface area contributed by atoms with Crippen LogP contribution in [0.5, 0.6) is 0 Å². The van der Waals surface area contributed by atoms with Gasteiger partial charge in [-0.3, -0.25) is 9.69 Å². The van der Waals surface area contributed by atoms with Gasteiger partial charge in [0.1, 0.15) is 0 Å². The molecule has 0 aliphatic carbocycles. The van der Waals surface area contributed by atoms with E-state index in [1.165, 1.54) is 0 Å². The van der Waals surface area contributed by atoms with Crippen molar-refractivity contribution in [2.24, 2.45) is 0 Å². The molecule has 1 aliphatic rings. The van der Waals surface area contributed by atoms with Gasteiger partial charge in [-0.1, -0.05) is 18.2 Å². The van der Waals surface area contributed by atoms with E-state index >= 15 is 0 Å². The number of para-hydroxylation sites is 1. The number of ether oxygens (including phenoxy) is 1. The molecule has 0 radical (unpaired) electrons. The highest BCUT2D eigenvalue weighted by Crippen LogP contribution is 2.13. The summed E-state index contributed by atoms with van der Waals surface area (Å²) in [6, 6.07) is 7.70. The minimum absolute atomic E-state index is 0.00406. The third kappa shape index (κ3) is 4.02. The van der Waals surface area contributed by atoms with Crippen LogP contribution >= 0.6 is 0 Å². The molecule has 104 valence electrons. The smallest absolute Gasteiger partial charge is 0.238 e. The van der Waals surface area contributed by atoms with Crippen LogP contribution < -0.4 is 5.32 Å². The Labute approximate surface area is 113 Å². The Kier molecular flexibility index (Phi) is 4.90. The number of carbonyl (C=O) groups is 1. The first-order chi connectivity index (χ1) is 9.19. The highest BCUT2D eigenvalue weighted by molar-refractivity contribution is 5.92. The van der Waals surface area contributed by atoms with Crippen molar-refractivity contribution in [1.29, 1.82) is 0 Å². The normalized spacial score (nSPS) is 20.2. The molecule has 0 spiro atoms. The first kappa shape index (κ1) is 14.0. The first-order valence-corrected chi connectivity index (χ1v) is 6.49. The van der Waals surface area contributed by atoms with E-state index in [1.54, 1.807) is 0 Å². The van der Waals surface area contributed by atoms with Gasteiger partial charge in [0, 0.05) is 18.8 Å². The summed E-state index contributed by atoms with van der Waals surface area (Å²) in [6.07, 6.45) is -0.181. The number of nitrogens with zero attached hydrogens (tertiary/aromatic N) is 1. The van der Waals surface area contributed by atoms with E-state index in [-0.39, 0.29) is 18.6 Å². The fourth-order valence-electron chi connectivity index (χ4n) is 2.14. The number of morpholine rings is 1. The summed E-state index contributed by atoms with van der Waals surface area (Å²) in [5, 5.41) is 12.0. The number of carbonyl (C=O) groups excluding carboxylic acids is 1. The summed E-state index contributed by atoms with van der Waals surface area (Å²) in [5.41, 5.74) is 1.89. The van der Waals surface area contributed by atoms with Crippen LogP contribution in [0.3, 0.4) is 0 Å². The maximum absolute atomic E-state index is 12.0. The summed E-state index contributed by atoms with van der Waals surface area (Å²) in [6.45, 7) is 4.16. The number of anilines is 1. The molecule has 1 fully saturated rings. The molecule has 0 saturated carbocycles. The van der Waals surface area contributed by atoms with Gasteiger partial charge < -0.3 is 15.2 Å². The zero-order valence-corrected chi connectivity index (χ0v) is 11.1. The number of hydrogen-bond donors (Lipinski definition) is 2. The van der Waals surface area contributed by atoms with Crippen LogP contribution in [-0.2, 0) is 9.53 Å². The molecule has 0 aromatic heterocycles. The predicted molar refractivity (Wildman–Crippen MR) is 73.1 cm³/mol. The lowest BCUT2D eigenvalue weighted by Gasteiger charge is -2.31. The SMILES string of the molecule is Cc1ccccc1NC(=O)CN1CCOC(CO)C1. The van der Waals surface area contributed by atoms with Crippen LogP contribution in [0.4, 0.5) is 5.69 Å². The average Bonchev–Trinajstić information content (AvgIpc) is 2.41. The monoisotopic (exact) mass is 264 g/mol. The lowest BCUT2D eigenvalue weighted by atomic mass is 10.2. The molecule has 19 heavy (non-hydrogen) atoms. The molecule has 1 unspecified atom stereocenters. The largest absolute Gasteiger partial charge is 0.394 e. The van der Waals surface area contributed by atoms with Crippen LogP contribution in [0.25, 0.3) is 0 Å². The second-order valence-electron chi connectivity index (χ2n) is 4.77. The van der Waals surface area contributed by atoms with Crippen LogP contribution in [0.2, 0.25) is 0 Å². The van der Waals surface area contributed by atoms with Crippen LogP contribution in [0, 0.1) is 6.92 Å². The van der Waals surface area contributed by atoms with Crippen molar-refractivity contribution in [1.82, 2.24) is 4.90 Å². The van der Waals surface area contributed by atoms with Gasteiger partial charge in [-0.2, -0.15) is 0 Å². The molecule has 1 heterocycles. The molecule has 1 aromatic rings. The molecule has 1 amide bonds. The van der Waals surface area contributed by atoms with E-state index < -0.39 is 0 Å². The lowest BCUT2D eigenvalue weighted by molar-refractivity contribution is -0.120. The third-order valence-corrected chi connectivity index (χ3v) is 3.21. The number of benzene rings is 1. The zero-order valence-electron chi connectivity index (χ0n) is 11.1. The molecule has 5 heteroatoms. The molecular formula is C14H20N2O3. The van der Waals surface area contributed by atoms with Gasteiger partial charge in [-0.15, -0.1) is 0 Å². The van der Waals surface area contributed by atoms with Gasteiger partial charge in [0.05, 0.1) is 25.9 Å². The summed E-state index contributed by atoms with van der Waals surface area (Å²) in [5.74, 6) is -0.0344. The van der Waals surface area contributed by atoms with Crippen molar-refractivity contribution in [3.05, 3.63) is 29.8 Å². The molecule has 2 rings (SSSR count). The fourth-order valence-corrected chi connectivity index (χ4v) is 2.14. The molecule has 1 saturated heterocycles. The Morgan fingerprint density at radius 2 is 2.32 bits per heavy atom. The van der Waals surface area contributed by atoms with E-state index in [0.29, 0.717) is 19.7 Å². The maximum atomic E-state index is 12.0. The number of aliphatic hydroxyl groups excluding tert-OH is 1. The summed E-state index contributed by atoms with van der Waals surface area (Å²) in [4.78, 5) is 14.0. The van der Waals surface area contributed by atoms with Gasteiger partial charge in [-0.05, 0) is 18.6 Å². The molecular weight excluding hydrogens is 244 g/mol. The Morgan fingerprint density at radius 1 is 1.53 bits per heavy atom. The van der Waals surface area contributed by atoms with E-state index in [4.69, 9.17) is 9.84 Å². The molecule has 2 N–H and O–H groups in total. The molecule has 1 atom stereocenters. The number of nitrogens with one attached hydrogen (secondary N) is 1. The number of rotatable bonds is 4. The van der Waals surface area contributed by atoms with Gasteiger partial charge in [0.15, 0.2) is 0 Å². The molecule has 5 nitrogen and oxygen atoms in total. The second kappa shape index (κ2) is 6.65. The Bertz CT molecular complexity index is 436. The number of aliphatic hydroxyl groups is 1. The zero-order chi connectivity index (χ0) is 13.7. The van der Waals surface area contributed by atoms with Gasteiger partial charge in [0.25, 0.3) is 0 Å². The van der Waals surface area contributed by atoms with Crippen molar-refractivity contribution in [3.8, 4) is 0 Å². The predicted octanol–water partition coefficient (Wildman–Crippen LogP) is 0.627. The van der Waals surface area contributed by atoms with Gasteiger partial charge in [-0.25, -0.2) is 0 Å². The first-order valence-electron chi connectivity index (χ1n) is 6.49. The highest BCUT2D eigenvalue weighted by Gasteiger charge is 2.21. The van der Waals surface area contributed by atoms with Crippen molar-refractivity contribution < 1.29 is 14.6 Å². The van der Waals surface area contributed by atoms with Crippen molar-refractivity contribution >= 4 is 11.6 Å². The molecule has 0 bridgehead atoms. The Balaban J connectivity index is 1.86. The molecule has 1 aliphatic heterocycles. The topological polar surface area (TPSA) is 61.8 Å². The minimum atomic E-state index is -0.181. The Hall–Kier alpha value is -1.43. The second-order valence-corrected chi connectivity index (χ2v) is 4.77. The lowest BCUT2D eigenvalue weighted by Crippen LogP contribution is -2.46. The van der Waals surface area contributed by atoms with Crippen molar-refractivity contribution in [3.63, 3.8) is 0 Å². The van der Waals surface area contributed by atoms with Crippen molar-refractivity contribution in [2.45, 2.75) is 13.0 Å². The van der Waals surface area contributed by atoms with E-state index in [9.17, 15) is 4.79 Å². The quantitative estimate of drug-likeness (QED) is 0.837. The summed E-state index contributed by atoms with van der Waals surface area (Å²) < 4.78 is 5.35. The van der Waals surface area contributed by atoms with E-state index in [1.807, 2.05) is 36.1 Å². The standard InChI is InChI=1S/C14H20N2O3/c1-11-4-2-3-5-13(11)15-14(18)9-16-6-7-19-12(8-16)10-17/h2-5,12,17H,6-10H2,1H3,(H,15,18). The van der Waals surface area contributed by atoms with Crippen LogP contribution in [0.15, 0.2) is 24.3 Å². The maximum Gasteiger partial charge on any atom is 0.238 e. The number of amides is 1. The fraction of sp³-hybridized carbons (Fsp3) is 0.500. The van der Waals surface area contributed by atoms with E-state index in [2.05, 4.69) is 5.32 Å². The third-order valence-electron chi connectivity index (χ3n) is 3.21. The summed E-state index contributed by atoms with van der Waals surface area (Å²) >= 11 is 0. The average molecular weight is 264 g/mol. The summed E-state index contributed by atoms with van der Waals surface area (Å²) in [7, 11) is 0. The minimum Gasteiger partial charge on any atom is -0.394 e. The van der Waals surface area contributed by atoms with Gasteiger partial charge in [0.2, 0.25) is 5.91 Å². The van der Waals surface area contributed by atoms with E-state index in [0.717, 1.165) is 17.8 Å². The number of aryl methyl sites for hydroxylation is 1. The molecule has 1 aromatic carbocycles. The van der Waals surface area contributed by atoms with Crippen LogP contribution in [0.1, 0.15) is 5.56 Å². The van der Waals surface area contributed by atoms with Crippen LogP contribution in [-0.4, -0.2) is 54.9 Å². The van der Waals surface area contributed by atoms with Crippen molar-refractivity contribution in [2.75, 3.05) is 38.2 Å². The number of hydrogen-bond acceptors (Lipinski definition) is 4. The van der Waals surface area contributed by atoms with Gasteiger partial charge >= 0.3 is 0 Å².